The summed E-state index contributed by atoms with van der Waals surface area (Å²) < 4.78 is 16.3. The molecule has 0 saturated carbocycles. The van der Waals surface area contributed by atoms with Crippen molar-refractivity contribution in [2.45, 2.75) is 51.7 Å². The molecule has 160 valence electrons. The maximum atomic E-state index is 12.3. The third-order valence-corrected chi connectivity index (χ3v) is 5.69. The van der Waals surface area contributed by atoms with Crippen LogP contribution < -0.4 is 9.47 Å². The van der Waals surface area contributed by atoms with Gasteiger partial charge in [-0.3, -0.25) is 0 Å². The molecule has 0 radical (unpaired) electrons. The molecule has 2 aliphatic rings. The molecule has 1 N–H and O–H groups in total. The van der Waals surface area contributed by atoms with Gasteiger partial charge in [-0.15, -0.1) is 0 Å². The smallest absolute Gasteiger partial charge is 0.410 e. The van der Waals surface area contributed by atoms with Crippen LogP contribution in [0.2, 0.25) is 0 Å². The van der Waals surface area contributed by atoms with E-state index in [0.717, 1.165) is 33.8 Å². The van der Waals surface area contributed by atoms with Crippen LogP contribution in [0.4, 0.5) is 4.79 Å². The van der Waals surface area contributed by atoms with Crippen molar-refractivity contribution in [3.63, 3.8) is 0 Å². The second-order valence-corrected chi connectivity index (χ2v) is 9.10. The zero-order chi connectivity index (χ0) is 21.5. The van der Waals surface area contributed by atoms with Crippen molar-refractivity contribution in [2.24, 2.45) is 0 Å². The molecule has 6 heteroatoms. The third-order valence-electron chi connectivity index (χ3n) is 5.69. The molecule has 1 saturated heterocycles. The van der Waals surface area contributed by atoms with E-state index in [4.69, 9.17) is 14.2 Å². The maximum Gasteiger partial charge on any atom is 0.410 e. The number of carbonyl (C=O) groups is 1. The number of hydrogen-bond donors (Lipinski definition) is 1. The zero-order valence-electron chi connectivity index (χ0n) is 18.0. The van der Waals surface area contributed by atoms with Crippen LogP contribution in [0.1, 0.15) is 44.7 Å². The van der Waals surface area contributed by atoms with E-state index >= 15 is 0 Å². The molecule has 30 heavy (non-hydrogen) atoms. The Morgan fingerprint density at radius 3 is 2.43 bits per heavy atom. The summed E-state index contributed by atoms with van der Waals surface area (Å²) >= 11 is 0. The van der Waals surface area contributed by atoms with Crippen LogP contribution in [0.15, 0.2) is 36.4 Å². The summed E-state index contributed by atoms with van der Waals surface area (Å²) in [4.78, 5) is 14.0. The van der Waals surface area contributed by atoms with Crippen molar-refractivity contribution in [3.05, 3.63) is 47.5 Å². The monoisotopic (exact) mass is 411 g/mol. The Kier molecular flexibility index (Phi) is 5.14. The summed E-state index contributed by atoms with van der Waals surface area (Å²) in [5, 5.41) is 11.3. The van der Waals surface area contributed by atoms with Crippen molar-refractivity contribution in [2.75, 3.05) is 19.9 Å². The van der Waals surface area contributed by atoms with E-state index in [1.54, 1.807) is 4.90 Å². The van der Waals surface area contributed by atoms with E-state index in [9.17, 15) is 9.90 Å². The van der Waals surface area contributed by atoms with Gasteiger partial charge in [0.1, 0.15) is 5.60 Å². The number of fused-ring (bicyclic) bond motifs is 1. The van der Waals surface area contributed by atoms with E-state index in [-0.39, 0.29) is 12.9 Å². The first-order chi connectivity index (χ1) is 14.1. The highest BCUT2D eigenvalue weighted by Crippen LogP contribution is 2.39. The van der Waals surface area contributed by atoms with E-state index in [1.807, 2.05) is 64.1 Å². The molecule has 2 heterocycles. The van der Waals surface area contributed by atoms with Crippen LogP contribution >= 0.6 is 0 Å². The Balaban J connectivity index is 1.49. The average Bonchev–Trinajstić information content (AvgIpc) is 3.15. The van der Waals surface area contributed by atoms with E-state index in [0.29, 0.717) is 25.9 Å². The Morgan fingerprint density at radius 1 is 1.07 bits per heavy atom. The molecule has 2 aromatic carbocycles. The highest BCUT2D eigenvalue weighted by Gasteiger charge is 2.37. The van der Waals surface area contributed by atoms with Crippen molar-refractivity contribution >= 4 is 6.09 Å². The number of benzene rings is 2. The minimum Gasteiger partial charge on any atom is -0.454 e. The van der Waals surface area contributed by atoms with Gasteiger partial charge in [0.25, 0.3) is 0 Å². The fraction of sp³-hybridized carbons (Fsp3) is 0.458. The number of aryl methyl sites for hydroxylation is 1. The molecule has 0 aliphatic carbocycles. The van der Waals surface area contributed by atoms with Gasteiger partial charge in [0, 0.05) is 13.1 Å². The Labute approximate surface area is 177 Å². The van der Waals surface area contributed by atoms with Crippen LogP contribution in [0, 0.1) is 6.92 Å². The number of hydrogen-bond acceptors (Lipinski definition) is 5. The molecular formula is C24H29NO5. The number of amides is 1. The third kappa shape index (κ3) is 4.10. The molecule has 1 fully saturated rings. The lowest BCUT2D eigenvalue weighted by atomic mass is 9.83. The Morgan fingerprint density at radius 2 is 1.77 bits per heavy atom. The first kappa shape index (κ1) is 20.5. The highest BCUT2D eigenvalue weighted by molar-refractivity contribution is 5.71. The van der Waals surface area contributed by atoms with Crippen molar-refractivity contribution in [1.82, 2.24) is 4.90 Å². The fourth-order valence-corrected chi connectivity index (χ4v) is 4.02. The molecule has 0 atom stereocenters. The average molecular weight is 411 g/mol. The fourth-order valence-electron chi connectivity index (χ4n) is 4.02. The van der Waals surface area contributed by atoms with Gasteiger partial charge in [-0.2, -0.15) is 0 Å². The summed E-state index contributed by atoms with van der Waals surface area (Å²) in [7, 11) is 0. The second kappa shape index (κ2) is 7.51. The van der Waals surface area contributed by atoms with Crippen LogP contribution in [-0.4, -0.2) is 41.6 Å². The molecule has 0 aromatic heterocycles. The van der Waals surface area contributed by atoms with Crippen LogP contribution in [0.3, 0.4) is 0 Å². The zero-order valence-corrected chi connectivity index (χ0v) is 18.0. The van der Waals surface area contributed by atoms with Gasteiger partial charge in [0.05, 0.1) is 5.60 Å². The molecule has 1 amide bonds. The second-order valence-electron chi connectivity index (χ2n) is 9.10. The number of likely N-dealkylation sites (tertiary alicyclic amines) is 1. The number of piperidine rings is 1. The van der Waals surface area contributed by atoms with Gasteiger partial charge in [0.15, 0.2) is 11.5 Å². The van der Waals surface area contributed by atoms with Crippen LogP contribution in [0.5, 0.6) is 11.5 Å². The van der Waals surface area contributed by atoms with E-state index < -0.39 is 11.2 Å². The number of nitrogens with zero attached hydrogens (tertiary/aromatic N) is 1. The summed E-state index contributed by atoms with van der Waals surface area (Å²) in [6.45, 7) is 8.80. The molecule has 0 unspecified atom stereocenters. The van der Waals surface area contributed by atoms with E-state index in [2.05, 4.69) is 0 Å². The summed E-state index contributed by atoms with van der Waals surface area (Å²) in [5.74, 6) is 1.52. The SMILES string of the molecule is Cc1cc(C2(O)CCN(C(=O)OC(C)(C)C)CC2)ccc1-c1ccc2c(c1)OCO2. The first-order valence-electron chi connectivity index (χ1n) is 10.4. The molecule has 0 spiro atoms. The summed E-state index contributed by atoms with van der Waals surface area (Å²) in [6, 6.07) is 12.0. The van der Waals surface area contributed by atoms with Crippen molar-refractivity contribution in [3.8, 4) is 22.6 Å². The van der Waals surface area contributed by atoms with Gasteiger partial charge in [-0.1, -0.05) is 24.3 Å². The van der Waals surface area contributed by atoms with Gasteiger partial charge in [-0.05, 0) is 74.9 Å². The standard InChI is InChI=1S/C24H29NO5/c1-16-13-18(6-7-19(16)17-5-8-20-21(14-17)29-15-28-20)24(27)9-11-25(12-10-24)22(26)30-23(2,3)4/h5-8,13-14,27H,9-12,15H2,1-4H3. The lowest BCUT2D eigenvalue weighted by Crippen LogP contribution is -2.46. The minimum atomic E-state index is -0.948. The topological polar surface area (TPSA) is 68.2 Å². The molecule has 2 aromatic rings. The number of rotatable bonds is 2. The van der Waals surface area contributed by atoms with Crippen molar-refractivity contribution in [1.29, 1.82) is 0 Å². The van der Waals surface area contributed by atoms with Crippen LogP contribution in [0.25, 0.3) is 11.1 Å². The number of carbonyl (C=O) groups excluding carboxylic acids is 1. The Hall–Kier alpha value is -2.73. The minimum absolute atomic E-state index is 0.254. The number of aliphatic hydroxyl groups is 1. The highest BCUT2D eigenvalue weighted by atomic mass is 16.7. The Bertz CT molecular complexity index is 955. The van der Waals surface area contributed by atoms with E-state index in [1.165, 1.54) is 0 Å². The molecule has 2 aliphatic heterocycles. The predicted octanol–water partition coefficient (Wildman–Crippen LogP) is 4.61. The van der Waals surface area contributed by atoms with Gasteiger partial charge in [-0.25, -0.2) is 4.79 Å². The molecular weight excluding hydrogens is 382 g/mol. The molecule has 6 nitrogen and oxygen atoms in total. The van der Waals surface area contributed by atoms with Crippen LogP contribution in [-0.2, 0) is 10.3 Å². The maximum absolute atomic E-state index is 12.3. The summed E-state index contributed by atoms with van der Waals surface area (Å²) in [6.07, 6.45) is 0.642. The van der Waals surface area contributed by atoms with Gasteiger partial charge in [0.2, 0.25) is 6.79 Å². The van der Waals surface area contributed by atoms with Gasteiger partial charge < -0.3 is 24.2 Å². The predicted molar refractivity (Wildman–Crippen MR) is 114 cm³/mol. The quantitative estimate of drug-likeness (QED) is 0.782. The summed E-state index contributed by atoms with van der Waals surface area (Å²) in [5.41, 5.74) is 2.63. The first-order valence-corrected chi connectivity index (χ1v) is 10.4. The molecule has 0 bridgehead atoms. The normalized spacial score (nSPS) is 17.7. The lowest BCUT2D eigenvalue weighted by molar-refractivity contribution is -0.0356. The number of ether oxygens (including phenoxy) is 3. The molecule has 4 rings (SSSR count). The van der Waals surface area contributed by atoms with Gasteiger partial charge >= 0.3 is 6.09 Å². The lowest BCUT2D eigenvalue weighted by Gasteiger charge is -2.39. The largest absolute Gasteiger partial charge is 0.454 e. The van der Waals surface area contributed by atoms with Crippen molar-refractivity contribution < 1.29 is 24.1 Å².